The van der Waals surface area contributed by atoms with Crippen LogP contribution >= 0.6 is 0 Å². The van der Waals surface area contributed by atoms with Gasteiger partial charge in [-0.05, 0) is 94.7 Å². The van der Waals surface area contributed by atoms with Gasteiger partial charge in [-0.15, -0.1) is 0 Å². The molecule has 0 amide bonds. The van der Waals surface area contributed by atoms with Crippen molar-refractivity contribution >= 4 is 5.69 Å². The number of hydrogen-bond donors (Lipinski definition) is 1. The van der Waals surface area contributed by atoms with Crippen LogP contribution in [-0.4, -0.2) is 0 Å². The molecule has 124 valence electrons. The summed E-state index contributed by atoms with van der Waals surface area (Å²) in [6.45, 7) is 8.70. The van der Waals surface area contributed by atoms with E-state index in [9.17, 15) is 0 Å². The molecule has 0 spiro atoms. The average molecular weight is 309 g/mol. The summed E-state index contributed by atoms with van der Waals surface area (Å²) in [4.78, 5) is 0. The molecule has 1 fully saturated rings. The molecule has 1 aromatic rings. The number of benzene rings is 1. The molecule has 0 aromatic heterocycles. The number of allylic oxidation sites excluding steroid dienone is 2. The largest absolute Gasteiger partial charge is 0.315 e. The Morgan fingerprint density at radius 1 is 1.13 bits per heavy atom. The molecule has 1 nitrogen and oxygen atoms in total. The van der Waals surface area contributed by atoms with E-state index in [1.54, 1.807) is 0 Å². The quantitative estimate of drug-likeness (QED) is 0.399. The molecule has 1 aliphatic carbocycles. The first-order chi connectivity index (χ1) is 11.0. The number of terminal acetylenes is 1. The van der Waals surface area contributed by atoms with Crippen molar-refractivity contribution in [2.75, 3.05) is 5.32 Å². The van der Waals surface area contributed by atoms with Gasteiger partial charge in [0.1, 0.15) is 0 Å². The summed E-state index contributed by atoms with van der Waals surface area (Å²) in [7, 11) is 0. The standard InChI is InChI=1S/C22H31N/c1-6-23-22-17(4)13-21(14-18(22)5)15-20-11-9-19(10-12-20)8-7-16(2)3/h1,7,13-14,19-20,23H,8-12,15H2,2-5H3. The lowest BCUT2D eigenvalue weighted by molar-refractivity contribution is 0.275. The van der Waals surface area contributed by atoms with Gasteiger partial charge in [0.15, 0.2) is 0 Å². The molecule has 0 radical (unpaired) electrons. The Morgan fingerprint density at radius 3 is 2.22 bits per heavy atom. The number of nitrogens with one attached hydrogen (secondary N) is 1. The molecule has 1 saturated carbocycles. The lowest BCUT2D eigenvalue weighted by atomic mass is 9.78. The maximum atomic E-state index is 5.38. The minimum absolute atomic E-state index is 0.850. The van der Waals surface area contributed by atoms with E-state index in [2.05, 4.69) is 57.3 Å². The maximum absolute atomic E-state index is 5.38. The van der Waals surface area contributed by atoms with Crippen molar-refractivity contribution in [1.29, 1.82) is 0 Å². The minimum atomic E-state index is 0.850. The van der Waals surface area contributed by atoms with Gasteiger partial charge in [0.2, 0.25) is 0 Å². The molecule has 2 rings (SSSR count). The van der Waals surface area contributed by atoms with Crippen LogP contribution < -0.4 is 5.32 Å². The van der Waals surface area contributed by atoms with Gasteiger partial charge < -0.3 is 5.32 Å². The van der Waals surface area contributed by atoms with Crippen LogP contribution in [-0.2, 0) is 6.42 Å². The third kappa shape index (κ3) is 5.17. The molecule has 23 heavy (non-hydrogen) atoms. The van der Waals surface area contributed by atoms with Crippen molar-refractivity contribution < 1.29 is 0 Å². The van der Waals surface area contributed by atoms with E-state index in [4.69, 9.17) is 6.42 Å². The van der Waals surface area contributed by atoms with Crippen molar-refractivity contribution in [3.8, 4) is 12.5 Å². The van der Waals surface area contributed by atoms with Crippen molar-refractivity contribution in [2.24, 2.45) is 11.8 Å². The van der Waals surface area contributed by atoms with Crippen LogP contribution in [0.2, 0.25) is 0 Å². The molecular formula is C22H31N. The molecule has 0 atom stereocenters. The second kappa shape index (κ2) is 8.25. The number of anilines is 1. The minimum Gasteiger partial charge on any atom is -0.315 e. The van der Waals surface area contributed by atoms with Gasteiger partial charge in [-0.3, -0.25) is 0 Å². The van der Waals surface area contributed by atoms with Crippen LogP contribution in [0.5, 0.6) is 0 Å². The van der Waals surface area contributed by atoms with Crippen LogP contribution in [0, 0.1) is 38.2 Å². The highest BCUT2D eigenvalue weighted by molar-refractivity contribution is 5.60. The Labute approximate surface area is 142 Å². The van der Waals surface area contributed by atoms with Crippen LogP contribution in [0.25, 0.3) is 0 Å². The molecule has 1 N–H and O–H groups in total. The Bertz CT molecular complexity index is 568. The fraction of sp³-hybridized carbons (Fsp3) is 0.545. The fourth-order valence-corrected chi connectivity index (χ4v) is 3.85. The number of rotatable bonds is 5. The third-order valence-corrected chi connectivity index (χ3v) is 5.14. The first-order valence-electron chi connectivity index (χ1n) is 8.94. The van der Waals surface area contributed by atoms with E-state index < -0.39 is 0 Å². The average Bonchev–Trinajstić information content (AvgIpc) is 2.50. The fourth-order valence-electron chi connectivity index (χ4n) is 3.85. The summed E-state index contributed by atoms with van der Waals surface area (Å²) in [5.41, 5.74) is 6.54. The molecule has 1 heteroatoms. The molecule has 0 heterocycles. The van der Waals surface area contributed by atoms with Gasteiger partial charge in [-0.1, -0.05) is 30.2 Å². The second-order valence-electron chi connectivity index (χ2n) is 7.48. The van der Waals surface area contributed by atoms with Crippen molar-refractivity contribution in [2.45, 2.75) is 66.2 Å². The lowest BCUT2D eigenvalue weighted by Gasteiger charge is -2.28. The van der Waals surface area contributed by atoms with Crippen LogP contribution in [0.1, 0.15) is 62.6 Å². The van der Waals surface area contributed by atoms with E-state index in [-0.39, 0.29) is 0 Å². The third-order valence-electron chi connectivity index (χ3n) is 5.14. The number of aryl methyl sites for hydroxylation is 2. The SMILES string of the molecule is C#CNc1c(C)cc(CC2CCC(CC=C(C)C)CC2)cc1C. The van der Waals surface area contributed by atoms with Crippen molar-refractivity contribution in [3.63, 3.8) is 0 Å². The summed E-state index contributed by atoms with van der Waals surface area (Å²) in [5.74, 6) is 1.76. The summed E-state index contributed by atoms with van der Waals surface area (Å²) >= 11 is 0. The van der Waals surface area contributed by atoms with Crippen molar-refractivity contribution in [1.82, 2.24) is 0 Å². The van der Waals surface area contributed by atoms with Gasteiger partial charge in [0.05, 0.1) is 5.69 Å². The van der Waals surface area contributed by atoms with Crippen LogP contribution in [0.4, 0.5) is 5.69 Å². The first-order valence-corrected chi connectivity index (χ1v) is 8.94. The summed E-state index contributed by atoms with van der Waals surface area (Å²) in [6, 6.07) is 7.15. The Kier molecular flexibility index (Phi) is 6.34. The van der Waals surface area contributed by atoms with E-state index in [1.807, 2.05) is 0 Å². The molecule has 0 unspecified atom stereocenters. The van der Waals surface area contributed by atoms with Gasteiger partial charge in [0.25, 0.3) is 0 Å². The summed E-state index contributed by atoms with van der Waals surface area (Å²) in [5, 5.41) is 3.03. The highest BCUT2D eigenvalue weighted by atomic mass is 14.8. The topological polar surface area (TPSA) is 12.0 Å². The van der Waals surface area contributed by atoms with Gasteiger partial charge >= 0.3 is 0 Å². The van der Waals surface area contributed by atoms with E-state index >= 15 is 0 Å². The highest BCUT2D eigenvalue weighted by Gasteiger charge is 2.21. The normalized spacial score (nSPS) is 20.7. The van der Waals surface area contributed by atoms with Gasteiger partial charge in [-0.2, -0.15) is 0 Å². The molecule has 1 aliphatic rings. The zero-order valence-electron chi connectivity index (χ0n) is 15.2. The Balaban J connectivity index is 1.92. The van der Waals surface area contributed by atoms with E-state index in [0.29, 0.717) is 0 Å². The van der Waals surface area contributed by atoms with E-state index in [1.165, 1.54) is 60.8 Å². The molecule has 0 saturated heterocycles. The molecule has 0 bridgehead atoms. The smallest absolute Gasteiger partial charge is 0.0517 e. The Hall–Kier alpha value is -1.68. The van der Waals surface area contributed by atoms with Crippen molar-refractivity contribution in [3.05, 3.63) is 40.5 Å². The summed E-state index contributed by atoms with van der Waals surface area (Å²) < 4.78 is 0. The number of hydrogen-bond acceptors (Lipinski definition) is 1. The molecule has 1 aromatic carbocycles. The predicted molar refractivity (Wildman–Crippen MR) is 102 cm³/mol. The maximum Gasteiger partial charge on any atom is 0.0517 e. The molecular weight excluding hydrogens is 278 g/mol. The summed E-state index contributed by atoms with van der Waals surface area (Å²) in [6.07, 6.45) is 15.8. The molecule has 0 aliphatic heterocycles. The highest BCUT2D eigenvalue weighted by Crippen LogP contribution is 2.34. The zero-order valence-corrected chi connectivity index (χ0v) is 15.2. The first kappa shape index (κ1) is 17.7. The Morgan fingerprint density at radius 2 is 1.70 bits per heavy atom. The van der Waals surface area contributed by atoms with Gasteiger partial charge in [0, 0.05) is 6.04 Å². The van der Waals surface area contributed by atoms with E-state index in [0.717, 1.165) is 17.5 Å². The van der Waals surface area contributed by atoms with Gasteiger partial charge in [-0.25, -0.2) is 0 Å². The lowest BCUT2D eigenvalue weighted by Crippen LogP contribution is -2.16. The monoisotopic (exact) mass is 309 g/mol. The van der Waals surface area contributed by atoms with Crippen LogP contribution in [0.15, 0.2) is 23.8 Å². The zero-order chi connectivity index (χ0) is 16.8. The predicted octanol–water partition coefficient (Wildman–Crippen LogP) is 6.01. The second-order valence-corrected chi connectivity index (χ2v) is 7.48. The van der Waals surface area contributed by atoms with Crippen LogP contribution in [0.3, 0.4) is 0 Å².